The molecule has 0 aliphatic carbocycles. The van der Waals surface area contributed by atoms with E-state index in [1.165, 1.54) is 11.1 Å². The first-order valence-corrected chi connectivity index (χ1v) is 11.2. The van der Waals surface area contributed by atoms with E-state index in [0.717, 1.165) is 31.4 Å². The minimum Gasteiger partial charge on any atom is -0.481 e. The van der Waals surface area contributed by atoms with Crippen LogP contribution in [0.5, 0.6) is 5.75 Å². The van der Waals surface area contributed by atoms with Crippen LogP contribution in [0.3, 0.4) is 0 Å². The second-order valence-electron chi connectivity index (χ2n) is 7.20. The second kappa shape index (κ2) is 10.1. The molecular weight excluding hydrogens is 508 g/mol. The molecule has 0 bridgehead atoms. The highest BCUT2D eigenvalue weighted by molar-refractivity contribution is 9.11. The summed E-state index contributed by atoms with van der Waals surface area (Å²) in [7, 11) is 0. The Morgan fingerprint density at radius 3 is 2.37 bits per heavy atom. The number of amides is 1. The molecule has 30 heavy (non-hydrogen) atoms. The maximum Gasteiger partial charge on any atom is 0.262 e. The topological polar surface area (TPSA) is 50.4 Å². The second-order valence-corrected chi connectivity index (χ2v) is 8.90. The molecule has 0 radical (unpaired) electrons. The zero-order chi connectivity index (χ0) is 21.7. The number of rotatable bonds is 7. The molecule has 0 unspecified atom stereocenters. The highest BCUT2D eigenvalue weighted by atomic mass is 79.9. The van der Waals surface area contributed by atoms with Gasteiger partial charge in [-0.2, -0.15) is 0 Å². The van der Waals surface area contributed by atoms with Gasteiger partial charge >= 0.3 is 0 Å². The third-order valence-electron chi connectivity index (χ3n) is 4.80. The number of ether oxygens (including phenoxy) is 1. The van der Waals surface area contributed by atoms with Gasteiger partial charge in [-0.3, -0.25) is 4.79 Å². The SMILES string of the molecule is Cc1cccc(NC(=O)COc2c(Br)cc(CNc3cccc(C)c3C)cc2Br)c1. The number of nitrogens with one attached hydrogen (secondary N) is 2. The lowest BCUT2D eigenvalue weighted by Gasteiger charge is -2.15. The molecule has 3 rings (SSSR count). The summed E-state index contributed by atoms with van der Waals surface area (Å²) >= 11 is 7.12. The molecule has 1 amide bonds. The average Bonchev–Trinajstić information content (AvgIpc) is 2.68. The van der Waals surface area contributed by atoms with E-state index in [-0.39, 0.29) is 12.5 Å². The third kappa shape index (κ3) is 5.86. The summed E-state index contributed by atoms with van der Waals surface area (Å²) in [6, 6.07) is 17.9. The van der Waals surface area contributed by atoms with Crippen LogP contribution in [-0.4, -0.2) is 12.5 Å². The smallest absolute Gasteiger partial charge is 0.262 e. The van der Waals surface area contributed by atoms with Crippen LogP contribution in [0.25, 0.3) is 0 Å². The summed E-state index contributed by atoms with van der Waals surface area (Å²) in [6.07, 6.45) is 0. The fourth-order valence-corrected chi connectivity index (χ4v) is 4.56. The Bertz CT molecular complexity index is 1040. The highest BCUT2D eigenvalue weighted by Crippen LogP contribution is 2.35. The van der Waals surface area contributed by atoms with Crippen LogP contribution in [0.15, 0.2) is 63.5 Å². The van der Waals surface area contributed by atoms with Crippen molar-refractivity contribution in [2.24, 2.45) is 0 Å². The van der Waals surface area contributed by atoms with Crippen molar-refractivity contribution in [3.8, 4) is 5.75 Å². The molecule has 0 atom stereocenters. The zero-order valence-corrected chi connectivity index (χ0v) is 20.4. The lowest BCUT2D eigenvalue weighted by atomic mass is 10.1. The fourth-order valence-electron chi connectivity index (χ4n) is 3.05. The normalized spacial score (nSPS) is 10.6. The molecule has 3 aromatic rings. The van der Waals surface area contributed by atoms with Crippen LogP contribution in [0, 0.1) is 20.8 Å². The van der Waals surface area contributed by atoms with Gasteiger partial charge in [0.15, 0.2) is 6.61 Å². The van der Waals surface area contributed by atoms with Crippen LogP contribution >= 0.6 is 31.9 Å². The van der Waals surface area contributed by atoms with Gasteiger partial charge in [-0.15, -0.1) is 0 Å². The van der Waals surface area contributed by atoms with Crippen molar-refractivity contribution >= 4 is 49.1 Å². The number of carbonyl (C=O) groups is 1. The van der Waals surface area contributed by atoms with Gasteiger partial charge < -0.3 is 15.4 Å². The van der Waals surface area contributed by atoms with Crippen molar-refractivity contribution in [2.45, 2.75) is 27.3 Å². The number of benzene rings is 3. The first-order chi connectivity index (χ1) is 14.3. The standard InChI is InChI=1S/C24H24Br2N2O2/c1-15-6-4-8-19(10-15)28-23(29)14-30-24-20(25)11-18(12-21(24)26)13-27-22-9-5-7-16(2)17(22)3/h4-12,27H,13-14H2,1-3H3,(H,28,29). The van der Waals surface area contributed by atoms with Gasteiger partial charge in [0, 0.05) is 17.9 Å². The van der Waals surface area contributed by atoms with E-state index in [1.807, 2.05) is 43.3 Å². The van der Waals surface area contributed by atoms with Gasteiger partial charge in [0.2, 0.25) is 0 Å². The third-order valence-corrected chi connectivity index (χ3v) is 5.97. The van der Waals surface area contributed by atoms with Crippen molar-refractivity contribution in [3.05, 3.63) is 85.8 Å². The van der Waals surface area contributed by atoms with E-state index >= 15 is 0 Å². The molecule has 3 aromatic carbocycles. The van der Waals surface area contributed by atoms with Crippen LogP contribution in [0.1, 0.15) is 22.3 Å². The maximum absolute atomic E-state index is 12.2. The fraction of sp³-hybridized carbons (Fsp3) is 0.208. The zero-order valence-electron chi connectivity index (χ0n) is 17.2. The molecule has 0 aliphatic heterocycles. The van der Waals surface area contributed by atoms with E-state index < -0.39 is 0 Å². The monoisotopic (exact) mass is 530 g/mol. The lowest BCUT2D eigenvalue weighted by Crippen LogP contribution is -2.20. The van der Waals surface area contributed by atoms with E-state index in [1.54, 1.807) is 0 Å². The van der Waals surface area contributed by atoms with E-state index in [4.69, 9.17) is 4.74 Å². The number of hydrogen-bond acceptors (Lipinski definition) is 3. The molecule has 0 fully saturated rings. The molecule has 0 saturated carbocycles. The molecule has 0 heterocycles. The Balaban J connectivity index is 1.61. The van der Waals surface area contributed by atoms with Gasteiger partial charge in [0.1, 0.15) is 5.75 Å². The molecule has 4 nitrogen and oxygen atoms in total. The summed E-state index contributed by atoms with van der Waals surface area (Å²) < 4.78 is 7.34. The molecule has 2 N–H and O–H groups in total. The van der Waals surface area contributed by atoms with E-state index in [9.17, 15) is 4.79 Å². The summed E-state index contributed by atoms with van der Waals surface area (Å²) in [5.41, 5.74) is 6.56. The number of anilines is 2. The summed E-state index contributed by atoms with van der Waals surface area (Å²) in [5.74, 6) is 0.393. The van der Waals surface area contributed by atoms with Gasteiger partial charge in [-0.25, -0.2) is 0 Å². The van der Waals surface area contributed by atoms with Gasteiger partial charge in [-0.1, -0.05) is 24.3 Å². The number of hydrogen-bond donors (Lipinski definition) is 2. The van der Waals surface area contributed by atoms with Crippen molar-refractivity contribution in [2.75, 3.05) is 17.2 Å². The van der Waals surface area contributed by atoms with E-state index in [0.29, 0.717) is 12.3 Å². The summed E-state index contributed by atoms with van der Waals surface area (Å²) in [6.45, 7) is 6.80. The Hall–Kier alpha value is -2.31. The van der Waals surface area contributed by atoms with Crippen LogP contribution in [-0.2, 0) is 11.3 Å². The highest BCUT2D eigenvalue weighted by Gasteiger charge is 2.12. The van der Waals surface area contributed by atoms with Crippen molar-refractivity contribution < 1.29 is 9.53 Å². The quantitative estimate of drug-likeness (QED) is 0.354. The molecular formula is C24H24Br2N2O2. The minimum absolute atomic E-state index is 0.0781. The first kappa shape index (κ1) is 22.4. The Morgan fingerprint density at radius 1 is 0.967 bits per heavy atom. The lowest BCUT2D eigenvalue weighted by molar-refractivity contribution is -0.118. The Morgan fingerprint density at radius 2 is 1.67 bits per heavy atom. The Kier molecular flexibility index (Phi) is 7.56. The van der Waals surface area contributed by atoms with Crippen LogP contribution in [0.4, 0.5) is 11.4 Å². The first-order valence-electron chi connectivity index (χ1n) is 9.61. The molecule has 6 heteroatoms. The molecule has 0 aliphatic rings. The number of halogens is 2. The predicted molar refractivity (Wildman–Crippen MR) is 130 cm³/mol. The van der Waals surface area contributed by atoms with Gasteiger partial charge in [0.05, 0.1) is 8.95 Å². The molecule has 156 valence electrons. The van der Waals surface area contributed by atoms with Gasteiger partial charge in [0.25, 0.3) is 5.91 Å². The summed E-state index contributed by atoms with van der Waals surface area (Å²) in [5, 5.41) is 6.33. The minimum atomic E-state index is -0.208. The molecule has 0 aromatic heterocycles. The van der Waals surface area contributed by atoms with Crippen molar-refractivity contribution in [3.63, 3.8) is 0 Å². The maximum atomic E-state index is 12.2. The van der Waals surface area contributed by atoms with E-state index in [2.05, 4.69) is 74.5 Å². The van der Waals surface area contributed by atoms with Gasteiger partial charge in [-0.05, 0) is 105 Å². The average molecular weight is 532 g/mol. The molecule has 0 saturated heterocycles. The molecule has 0 spiro atoms. The van der Waals surface area contributed by atoms with Crippen molar-refractivity contribution in [1.82, 2.24) is 0 Å². The van der Waals surface area contributed by atoms with Crippen LogP contribution in [0.2, 0.25) is 0 Å². The predicted octanol–water partition coefficient (Wildman–Crippen LogP) is 6.77. The largest absolute Gasteiger partial charge is 0.481 e. The number of aryl methyl sites for hydroxylation is 2. The number of carbonyl (C=O) groups excluding carboxylic acids is 1. The van der Waals surface area contributed by atoms with Crippen molar-refractivity contribution in [1.29, 1.82) is 0 Å². The summed E-state index contributed by atoms with van der Waals surface area (Å²) in [4.78, 5) is 12.2. The Labute approximate surface area is 194 Å². The van der Waals surface area contributed by atoms with Crippen LogP contribution < -0.4 is 15.4 Å².